The van der Waals surface area contributed by atoms with Crippen molar-refractivity contribution in [2.45, 2.75) is 19.0 Å². The van der Waals surface area contributed by atoms with Crippen LogP contribution in [0.15, 0.2) is 78.9 Å². The summed E-state index contributed by atoms with van der Waals surface area (Å²) in [4.78, 5) is 28.3. The van der Waals surface area contributed by atoms with Crippen LogP contribution >= 0.6 is 11.6 Å². The molecule has 0 bridgehead atoms. The van der Waals surface area contributed by atoms with Crippen LogP contribution in [-0.2, 0) is 32.6 Å². The van der Waals surface area contributed by atoms with E-state index in [4.69, 9.17) is 16.3 Å². The van der Waals surface area contributed by atoms with Crippen LogP contribution in [0, 0.1) is 0 Å². The maximum absolute atomic E-state index is 13.8. The first-order valence-corrected chi connectivity index (χ1v) is 13.8. The average molecular weight is 544 g/mol. The Hall–Kier alpha value is -3.56. The molecule has 196 valence electrons. The van der Waals surface area contributed by atoms with Crippen molar-refractivity contribution >= 4 is 39.1 Å². The fraction of sp³-hybridized carbons (Fsp3) is 0.259. The summed E-state index contributed by atoms with van der Waals surface area (Å²) in [6.07, 6.45) is 1.29. The van der Waals surface area contributed by atoms with Gasteiger partial charge in [-0.25, -0.2) is 8.42 Å². The molecule has 37 heavy (non-hydrogen) atoms. The molecule has 8 nitrogen and oxygen atoms in total. The first kappa shape index (κ1) is 28.0. The third-order valence-electron chi connectivity index (χ3n) is 5.82. The molecule has 0 radical (unpaired) electrons. The predicted octanol–water partition coefficient (Wildman–Crippen LogP) is 3.50. The van der Waals surface area contributed by atoms with E-state index in [1.54, 1.807) is 48.5 Å². The van der Waals surface area contributed by atoms with Crippen molar-refractivity contribution < 1.29 is 22.7 Å². The number of anilines is 1. The van der Waals surface area contributed by atoms with Gasteiger partial charge in [0.25, 0.3) is 0 Å². The number of carbonyl (C=O) groups excluding carboxylic acids is 2. The van der Waals surface area contributed by atoms with Gasteiger partial charge in [-0.1, -0.05) is 54.1 Å². The molecule has 0 fully saturated rings. The molecule has 0 saturated carbocycles. The highest BCUT2D eigenvalue weighted by Crippen LogP contribution is 2.23. The minimum atomic E-state index is -3.83. The molecule has 2 amide bonds. The minimum absolute atomic E-state index is 0.0845. The number of hydrogen-bond donors (Lipinski definition) is 1. The van der Waals surface area contributed by atoms with E-state index in [-0.39, 0.29) is 18.9 Å². The Kier molecular flexibility index (Phi) is 9.54. The maximum Gasteiger partial charge on any atom is 0.244 e. The number of halogens is 1. The van der Waals surface area contributed by atoms with Gasteiger partial charge in [0.15, 0.2) is 0 Å². The molecular formula is C27H30ClN3O5S. The molecule has 0 aliphatic heterocycles. The van der Waals surface area contributed by atoms with E-state index in [1.807, 2.05) is 30.3 Å². The van der Waals surface area contributed by atoms with Gasteiger partial charge in [0.2, 0.25) is 21.8 Å². The van der Waals surface area contributed by atoms with Crippen LogP contribution in [0.25, 0.3) is 0 Å². The Balaban J connectivity index is 2.00. The Morgan fingerprint density at radius 3 is 2.11 bits per heavy atom. The zero-order valence-electron chi connectivity index (χ0n) is 20.9. The van der Waals surface area contributed by atoms with Crippen LogP contribution in [0.4, 0.5) is 5.69 Å². The van der Waals surface area contributed by atoms with E-state index < -0.39 is 28.5 Å². The lowest BCUT2D eigenvalue weighted by Gasteiger charge is -2.33. The van der Waals surface area contributed by atoms with Gasteiger partial charge in [0.1, 0.15) is 18.3 Å². The average Bonchev–Trinajstić information content (AvgIpc) is 2.89. The summed E-state index contributed by atoms with van der Waals surface area (Å²) >= 11 is 6.04. The van der Waals surface area contributed by atoms with Gasteiger partial charge in [-0.3, -0.25) is 13.9 Å². The van der Waals surface area contributed by atoms with Gasteiger partial charge in [0.05, 0.1) is 19.1 Å². The van der Waals surface area contributed by atoms with E-state index in [9.17, 15) is 18.0 Å². The molecule has 1 unspecified atom stereocenters. The number of ether oxygens (including phenoxy) is 1. The number of benzene rings is 3. The number of rotatable bonds is 11. The van der Waals surface area contributed by atoms with Gasteiger partial charge in [0, 0.05) is 25.0 Å². The summed E-state index contributed by atoms with van der Waals surface area (Å²) in [5.41, 5.74) is 1.91. The number of sulfonamides is 1. The van der Waals surface area contributed by atoms with Crippen molar-refractivity contribution in [3.05, 3.63) is 95.0 Å². The van der Waals surface area contributed by atoms with Crippen molar-refractivity contribution in [3.63, 3.8) is 0 Å². The number of methoxy groups -OCH3 is 1. The molecule has 0 aliphatic carbocycles. The highest BCUT2D eigenvalue weighted by Gasteiger charge is 2.32. The van der Waals surface area contributed by atoms with Crippen molar-refractivity contribution in [1.82, 2.24) is 10.2 Å². The molecule has 0 aromatic heterocycles. The smallest absolute Gasteiger partial charge is 0.244 e. The first-order chi connectivity index (χ1) is 17.6. The Labute approximate surface area is 222 Å². The Bertz CT molecular complexity index is 1300. The maximum atomic E-state index is 13.8. The lowest BCUT2D eigenvalue weighted by atomic mass is 10.0. The molecule has 0 saturated heterocycles. The quantitative estimate of drug-likeness (QED) is 0.399. The van der Waals surface area contributed by atoms with Crippen molar-refractivity contribution in [2.75, 3.05) is 31.3 Å². The number of nitrogens with zero attached hydrogens (tertiary/aromatic N) is 2. The van der Waals surface area contributed by atoms with Gasteiger partial charge in [-0.15, -0.1) is 0 Å². The summed E-state index contributed by atoms with van der Waals surface area (Å²) in [6, 6.07) is 21.8. The van der Waals surface area contributed by atoms with Crippen molar-refractivity contribution in [3.8, 4) is 5.75 Å². The summed E-state index contributed by atoms with van der Waals surface area (Å²) in [5, 5.41) is 3.18. The summed E-state index contributed by atoms with van der Waals surface area (Å²) in [6.45, 7) is -0.401. The van der Waals surface area contributed by atoms with Gasteiger partial charge < -0.3 is 15.0 Å². The lowest BCUT2D eigenvalue weighted by molar-refractivity contribution is -0.139. The van der Waals surface area contributed by atoms with Crippen LogP contribution in [0.5, 0.6) is 5.75 Å². The molecule has 1 N–H and O–H groups in total. The topological polar surface area (TPSA) is 96.0 Å². The third kappa shape index (κ3) is 7.71. The number of hydrogen-bond acceptors (Lipinski definition) is 5. The summed E-state index contributed by atoms with van der Waals surface area (Å²) in [7, 11) is -0.815. The summed E-state index contributed by atoms with van der Waals surface area (Å²) in [5.74, 6) is -0.335. The Morgan fingerprint density at radius 1 is 0.946 bits per heavy atom. The number of carbonyl (C=O) groups is 2. The standard InChI is InChI=1S/C27H30ClN3O5S/c1-29-27(33)25(17-20-7-5-4-6-8-20)30(18-21-9-11-22(28)12-10-21)26(32)19-31(37(3,34)35)23-13-15-24(36-2)16-14-23/h4-16,25H,17-19H2,1-3H3,(H,29,33). The normalized spacial score (nSPS) is 11.9. The van der Waals surface area contributed by atoms with E-state index in [1.165, 1.54) is 19.1 Å². The highest BCUT2D eigenvalue weighted by molar-refractivity contribution is 7.92. The van der Waals surface area contributed by atoms with Crippen LogP contribution in [0.2, 0.25) is 5.02 Å². The first-order valence-electron chi connectivity index (χ1n) is 11.5. The van der Waals surface area contributed by atoms with E-state index >= 15 is 0 Å². The SMILES string of the molecule is CNC(=O)C(Cc1ccccc1)N(Cc1ccc(Cl)cc1)C(=O)CN(c1ccc(OC)cc1)S(C)(=O)=O. The molecule has 3 aromatic carbocycles. The number of likely N-dealkylation sites (N-methyl/N-ethyl adjacent to an activating group) is 1. The van der Waals surface area contributed by atoms with Gasteiger partial charge in [-0.05, 0) is 47.5 Å². The zero-order chi connectivity index (χ0) is 27.0. The lowest BCUT2D eigenvalue weighted by Crippen LogP contribution is -2.52. The predicted molar refractivity (Wildman–Crippen MR) is 145 cm³/mol. The van der Waals surface area contributed by atoms with Crippen LogP contribution in [0.1, 0.15) is 11.1 Å². The molecule has 0 aliphatic rings. The second kappa shape index (κ2) is 12.6. The van der Waals surface area contributed by atoms with Crippen LogP contribution < -0.4 is 14.4 Å². The van der Waals surface area contributed by atoms with Crippen LogP contribution in [0.3, 0.4) is 0 Å². The van der Waals surface area contributed by atoms with Gasteiger partial charge >= 0.3 is 0 Å². The fourth-order valence-corrected chi connectivity index (χ4v) is 4.84. The molecule has 3 aromatic rings. The van der Waals surface area contributed by atoms with E-state index in [0.717, 1.165) is 21.7 Å². The third-order valence-corrected chi connectivity index (χ3v) is 7.22. The molecular weight excluding hydrogens is 514 g/mol. The largest absolute Gasteiger partial charge is 0.497 e. The molecule has 1 atom stereocenters. The molecule has 0 spiro atoms. The highest BCUT2D eigenvalue weighted by atomic mass is 35.5. The Morgan fingerprint density at radius 2 is 1.57 bits per heavy atom. The second-order valence-corrected chi connectivity index (χ2v) is 10.8. The number of amides is 2. The zero-order valence-corrected chi connectivity index (χ0v) is 22.5. The van der Waals surface area contributed by atoms with Crippen LogP contribution in [-0.4, -0.2) is 58.1 Å². The second-order valence-electron chi connectivity index (χ2n) is 8.44. The van der Waals surface area contributed by atoms with Crippen molar-refractivity contribution in [2.24, 2.45) is 0 Å². The minimum Gasteiger partial charge on any atom is -0.497 e. The van der Waals surface area contributed by atoms with E-state index in [2.05, 4.69) is 5.32 Å². The molecule has 3 rings (SSSR count). The summed E-state index contributed by atoms with van der Waals surface area (Å²) < 4.78 is 31.6. The van der Waals surface area contributed by atoms with Crippen molar-refractivity contribution in [1.29, 1.82) is 0 Å². The van der Waals surface area contributed by atoms with E-state index in [0.29, 0.717) is 16.5 Å². The molecule has 10 heteroatoms. The number of nitrogens with one attached hydrogen (secondary N) is 1. The fourth-order valence-electron chi connectivity index (χ4n) is 3.87. The van der Waals surface area contributed by atoms with Gasteiger partial charge in [-0.2, -0.15) is 0 Å². The molecule has 0 heterocycles. The monoisotopic (exact) mass is 543 g/mol.